The Bertz CT molecular complexity index is 362. The van der Waals surface area contributed by atoms with Gasteiger partial charge in [0.25, 0.3) is 0 Å². The first-order chi connectivity index (χ1) is 6.74. The zero-order valence-corrected chi connectivity index (χ0v) is 7.87. The van der Waals surface area contributed by atoms with Gasteiger partial charge in [0.2, 0.25) is 0 Å². The van der Waals surface area contributed by atoms with Crippen LogP contribution in [0.5, 0.6) is 0 Å². The molecule has 1 aromatic rings. The maximum Gasteiger partial charge on any atom is 0.312 e. The predicted molar refractivity (Wildman–Crippen MR) is 49.5 cm³/mol. The van der Waals surface area contributed by atoms with Crippen molar-refractivity contribution in [2.24, 2.45) is 5.92 Å². The molecule has 1 aliphatic carbocycles. The first-order valence-electron chi connectivity index (χ1n) is 4.53. The second-order valence-corrected chi connectivity index (χ2v) is 3.43. The van der Waals surface area contributed by atoms with E-state index in [0.717, 1.165) is 5.56 Å². The first-order valence-corrected chi connectivity index (χ1v) is 4.53. The number of fused-ring (bicyclic) bond motifs is 1. The highest BCUT2D eigenvalue weighted by molar-refractivity contribution is 5.75. The van der Waals surface area contributed by atoms with Gasteiger partial charge in [-0.1, -0.05) is 24.3 Å². The normalized spacial score (nSPS) is 24.4. The van der Waals surface area contributed by atoms with Crippen LogP contribution >= 0.6 is 0 Å². The van der Waals surface area contributed by atoms with E-state index in [0.29, 0.717) is 12.0 Å². The van der Waals surface area contributed by atoms with Gasteiger partial charge in [0.05, 0.1) is 13.0 Å². The lowest BCUT2D eigenvalue weighted by molar-refractivity contribution is -0.147. The van der Waals surface area contributed by atoms with Crippen LogP contribution in [0.1, 0.15) is 17.3 Å². The summed E-state index contributed by atoms with van der Waals surface area (Å²) in [6.45, 7) is 0. The van der Waals surface area contributed by atoms with E-state index < -0.39 is 18.1 Å². The van der Waals surface area contributed by atoms with Gasteiger partial charge >= 0.3 is 5.97 Å². The molecule has 0 N–H and O–H groups in total. The number of hydrogen-bond acceptors (Lipinski definition) is 2. The lowest BCUT2D eigenvalue weighted by atomic mass is 10.1. The van der Waals surface area contributed by atoms with Gasteiger partial charge < -0.3 is 4.74 Å². The molecule has 0 fully saturated rings. The van der Waals surface area contributed by atoms with Crippen molar-refractivity contribution >= 4 is 5.97 Å². The number of halogens is 1. The largest absolute Gasteiger partial charge is 0.469 e. The zero-order chi connectivity index (χ0) is 10.1. The van der Waals surface area contributed by atoms with Gasteiger partial charge in [-0.2, -0.15) is 0 Å². The van der Waals surface area contributed by atoms with Gasteiger partial charge in [-0.3, -0.25) is 4.79 Å². The average molecular weight is 194 g/mol. The summed E-state index contributed by atoms with van der Waals surface area (Å²) in [6.07, 6.45) is -0.761. The Balaban J connectivity index is 2.30. The van der Waals surface area contributed by atoms with Crippen LogP contribution in [0.15, 0.2) is 24.3 Å². The average Bonchev–Trinajstić information content (AvgIpc) is 2.56. The van der Waals surface area contributed by atoms with Gasteiger partial charge in [-0.15, -0.1) is 0 Å². The molecule has 0 saturated carbocycles. The molecule has 2 atom stereocenters. The Morgan fingerprint density at radius 2 is 2.21 bits per heavy atom. The number of carbonyl (C=O) groups is 1. The van der Waals surface area contributed by atoms with Crippen molar-refractivity contribution in [2.75, 3.05) is 7.11 Å². The molecule has 3 heteroatoms. The van der Waals surface area contributed by atoms with Crippen LogP contribution in [-0.4, -0.2) is 13.1 Å². The lowest BCUT2D eigenvalue weighted by Gasteiger charge is -2.09. The van der Waals surface area contributed by atoms with E-state index in [9.17, 15) is 9.18 Å². The van der Waals surface area contributed by atoms with Crippen molar-refractivity contribution in [1.29, 1.82) is 0 Å². The van der Waals surface area contributed by atoms with Crippen molar-refractivity contribution in [1.82, 2.24) is 0 Å². The van der Waals surface area contributed by atoms with E-state index in [1.807, 2.05) is 12.1 Å². The van der Waals surface area contributed by atoms with Crippen LogP contribution in [0.2, 0.25) is 0 Å². The molecule has 74 valence electrons. The van der Waals surface area contributed by atoms with E-state index in [2.05, 4.69) is 4.74 Å². The fourth-order valence-electron chi connectivity index (χ4n) is 1.90. The minimum atomic E-state index is -1.21. The molecule has 2 nitrogen and oxygen atoms in total. The highest BCUT2D eigenvalue weighted by atomic mass is 19.1. The number of hydrogen-bond donors (Lipinski definition) is 0. The number of benzene rings is 1. The van der Waals surface area contributed by atoms with E-state index in [1.165, 1.54) is 7.11 Å². The Labute approximate surface area is 81.7 Å². The molecule has 0 saturated heterocycles. The van der Waals surface area contributed by atoms with Gasteiger partial charge in [0.15, 0.2) is 0 Å². The van der Waals surface area contributed by atoms with Crippen LogP contribution in [0, 0.1) is 5.92 Å². The maximum absolute atomic E-state index is 13.7. The first kappa shape index (κ1) is 9.19. The third-order valence-corrected chi connectivity index (χ3v) is 2.65. The molecule has 1 aromatic carbocycles. The van der Waals surface area contributed by atoms with Crippen LogP contribution in [-0.2, 0) is 16.0 Å². The summed E-state index contributed by atoms with van der Waals surface area (Å²) in [5, 5.41) is 0. The Hall–Kier alpha value is -1.38. The number of methoxy groups -OCH3 is 1. The molecular weight excluding hydrogens is 183 g/mol. The Morgan fingerprint density at radius 3 is 2.86 bits per heavy atom. The summed E-state index contributed by atoms with van der Waals surface area (Å²) in [5.74, 6) is -1.12. The molecule has 0 amide bonds. The fourth-order valence-corrected chi connectivity index (χ4v) is 1.90. The van der Waals surface area contributed by atoms with Gasteiger partial charge in [-0.05, 0) is 17.5 Å². The summed E-state index contributed by atoms with van der Waals surface area (Å²) in [4.78, 5) is 11.2. The Kier molecular flexibility index (Phi) is 2.23. The lowest BCUT2D eigenvalue weighted by Crippen LogP contribution is -2.18. The van der Waals surface area contributed by atoms with Crippen LogP contribution in [0.25, 0.3) is 0 Å². The van der Waals surface area contributed by atoms with Crippen LogP contribution < -0.4 is 0 Å². The summed E-state index contributed by atoms with van der Waals surface area (Å²) in [7, 11) is 1.29. The number of esters is 1. The zero-order valence-electron chi connectivity index (χ0n) is 7.87. The number of ether oxygens (including phenoxy) is 1. The summed E-state index contributed by atoms with van der Waals surface area (Å²) in [5.41, 5.74) is 1.54. The molecule has 0 aromatic heterocycles. The number of alkyl halides is 1. The van der Waals surface area contributed by atoms with Crippen molar-refractivity contribution in [3.05, 3.63) is 35.4 Å². The third-order valence-electron chi connectivity index (χ3n) is 2.65. The fraction of sp³-hybridized carbons (Fsp3) is 0.364. The third kappa shape index (κ3) is 1.29. The second kappa shape index (κ2) is 3.40. The molecule has 14 heavy (non-hydrogen) atoms. The number of rotatable bonds is 1. The SMILES string of the molecule is COC(=O)C1Cc2ccccc2C1F. The topological polar surface area (TPSA) is 26.3 Å². The molecular formula is C11H11FO2. The van der Waals surface area contributed by atoms with Crippen LogP contribution in [0.4, 0.5) is 4.39 Å². The van der Waals surface area contributed by atoms with Gasteiger partial charge in [-0.25, -0.2) is 4.39 Å². The van der Waals surface area contributed by atoms with E-state index in [-0.39, 0.29) is 0 Å². The standard InChI is InChI=1S/C11H11FO2/c1-14-11(13)9-6-7-4-2-3-5-8(7)10(9)12/h2-5,9-10H,6H2,1H3. The Morgan fingerprint density at radius 1 is 1.50 bits per heavy atom. The van der Waals surface area contributed by atoms with Gasteiger partial charge in [0.1, 0.15) is 6.17 Å². The highest BCUT2D eigenvalue weighted by Gasteiger charge is 2.37. The smallest absolute Gasteiger partial charge is 0.312 e. The minimum Gasteiger partial charge on any atom is -0.469 e. The summed E-state index contributed by atoms with van der Waals surface area (Å²) < 4.78 is 18.3. The molecule has 0 bridgehead atoms. The molecule has 0 heterocycles. The second-order valence-electron chi connectivity index (χ2n) is 3.43. The molecule has 0 aliphatic heterocycles. The van der Waals surface area contributed by atoms with E-state index in [1.54, 1.807) is 12.1 Å². The van der Waals surface area contributed by atoms with Crippen molar-refractivity contribution < 1.29 is 13.9 Å². The molecule has 0 radical (unpaired) electrons. The predicted octanol–water partition coefficient (Wildman–Crippen LogP) is 2.04. The molecule has 2 rings (SSSR count). The van der Waals surface area contributed by atoms with E-state index in [4.69, 9.17) is 0 Å². The molecule has 0 spiro atoms. The molecule has 2 unspecified atom stereocenters. The highest BCUT2D eigenvalue weighted by Crippen LogP contribution is 2.39. The van der Waals surface area contributed by atoms with Crippen molar-refractivity contribution in [2.45, 2.75) is 12.6 Å². The maximum atomic E-state index is 13.7. The summed E-state index contributed by atoms with van der Waals surface area (Å²) >= 11 is 0. The monoisotopic (exact) mass is 194 g/mol. The minimum absolute atomic E-state index is 0.448. The van der Waals surface area contributed by atoms with Gasteiger partial charge in [0, 0.05) is 0 Å². The van der Waals surface area contributed by atoms with Crippen molar-refractivity contribution in [3.8, 4) is 0 Å². The molecule has 1 aliphatic rings. The summed E-state index contributed by atoms with van der Waals surface area (Å²) in [6, 6.07) is 7.21. The van der Waals surface area contributed by atoms with Crippen molar-refractivity contribution in [3.63, 3.8) is 0 Å². The number of carbonyl (C=O) groups excluding carboxylic acids is 1. The van der Waals surface area contributed by atoms with E-state index >= 15 is 0 Å². The van der Waals surface area contributed by atoms with Crippen LogP contribution in [0.3, 0.4) is 0 Å². The quantitative estimate of drug-likeness (QED) is 0.639.